The smallest absolute Gasteiger partial charge is 0.177 e. The van der Waals surface area contributed by atoms with Crippen LogP contribution in [-0.4, -0.2) is 9.55 Å². The van der Waals surface area contributed by atoms with Crippen molar-refractivity contribution in [3.05, 3.63) is 66.2 Å². The Balaban J connectivity index is 1.79. The van der Waals surface area contributed by atoms with Crippen LogP contribution in [0.5, 0.6) is 0 Å². The lowest BCUT2D eigenvalue weighted by molar-refractivity contribution is 0.625. The number of hydrogen-bond acceptors (Lipinski definition) is 1. The second-order valence-electron chi connectivity index (χ2n) is 4.23. The van der Waals surface area contributed by atoms with E-state index in [4.69, 9.17) is 0 Å². The summed E-state index contributed by atoms with van der Waals surface area (Å²) in [5.74, 6) is -0.196. The Morgan fingerprint density at radius 1 is 1.06 bits per heavy atom. The molecular weight excluding hydrogens is 227 g/mol. The quantitative estimate of drug-likeness (QED) is 0.686. The summed E-state index contributed by atoms with van der Waals surface area (Å²) in [4.78, 5) is 4.22. The molecule has 0 atom stereocenters. The Hall–Kier alpha value is -2.16. The summed E-state index contributed by atoms with van der Waals surface area (Å²) in [6, 6.07) is 14.6. The molecule has 1 radical (unpaired) electrons. The zero-order valence-electron chi connectivity index (χ0n) is 9.81. The zero-order valence-corrected chi connectivity index (χ0v) is 9.81. The molecule has 3 aromatic rings. The van der Waals surface area contributed by atoms with E-state index < -0.39 is 0 Å². The van der Waals surface area contributed by atoms with Crippen LogP contribution in [0.25, 0.3) is 11.0 Å². The summed E-state index contributed by atoms with van der Waals surface area (Å²) in [6.45, 7) is 0.798. The minimum atomic E-state index is -0.196. The number of nitrogens with zero attached hydrogens (tertiary/aromatic N) is 2. The first-order chi connectivity index (χ1) is 8.83. The minimum Gasteiger partial charge on any atom is -0.321 e. The highest BCUT2D eigenvalue weighted by molar-refractivity contribution is 5.74. The van der Waals surface area contributed by atoms with Crippen LogP contribution in [0.15, 0.2) is 48.5 Å². The second-order valence-corrected chi connectivity index (χ2v) is 4.23. The summed E-state index contributed by atoms with van der Waals surface area (Å²) in [5.41, 5.74) is 3.15. The monoisotopic (exact) mass is 239 g/mol. The van der Waals surface area contributed by atoms with E-state index >= 15 is 0 Å². The molecule has 2 aromatic carbocycles. The average Bonchev–Trinajstić information content (AvgIpc) is 2.82. The molecule has 0 amide bonds. The average molecular weight is 239 g/mol. The normalized spacial score (nSPS) is 10.9. The Labute approximate surface area is 105 Å². The first-order valence-electron chi connectivity index (χ1n) is 5.90. The van der Waals surface area contributed by atoms with Gasteiger partial charge in [0, 0.05) is 6.54 Å². The number of benzene rings is 2. The van der Waals surface area contributed by atoms with Crippen molar-refractivity contribution in [3.63, 3.8) is 0 Å². The number of halogens is 1. The number of hydrogen-bond donors (Lipinski definition) is 0. The summed E-state index contributed by atoms with van der Waals surface area (Å²) >= 11 is 0. The van der Waals surface area contributed by atoms with Crippen LogP contribution in [0, 0.1) is 12.1 Å². The van der Waals surface area contributed by atoms with Gasteiger partial charge in [-0.1, -0.05) is 24.3 Å². The highest BCUT2D eigenvalue weighted by Crippen LogP contribution is 2.12. The minimum absolute atomic E-state index is 0.196. The Kier molecular flexibility index (Phi) is 2.81. The maximum Gasteiger partial charge on any atom is 0.177 e. The highest BCUT2D eigenvalue weighted by atomic mass is 19.1. The SMILES string of the molecule is Fc1ccc(CCn2[c]nc3ccccc32)cc1. The summed E-state index contributed by atoms with van der Waals surface area (Å²) in [7, 11) is 0. The molecule has 18 heavy (non-hydrogen) atoms. The van der Waals surface area contributed by atoms with Crippen LogP contribution in [0.2, 0.25) is 0 Å². The molecule has 0 bridgehead atoms. The van der Waals surface area contributed by atoms with E-state index in [0.717, 1.165) is 29.6 Å². The number of aryl methyl sites for hydroxylation is 2. The maximum absolute atomic E-state index is 12.8. The van der Waals surface area contributed by atoms with Gasteiger partial charge in [0.15, 0.2) is 6.33 Å². The molecule has 2 nitrogen and oxygen atoms in total. The molecule has 0 aliphatic carbocycles. The largest absolute Gasteiger partial charge is 0.321 e. The van der Waals surface area contributed by atoms with E-state index in [9.17, 15) is 4.39 Å². The first-order valence-corrected chi connectivity index (χ1v) is 5.90. The van der Waals surface area contributed by atoms with Gasteiger partial charge in [0.25, 0.3) is 0 Å². The van der Waals surface area contributed by atoms with E-state index in [1.165, 1.54) is 12.1 Å². The van der Waals surface area contributed by atoms with Gasteiger partial charge in [-0.25, -0.2) is 9.37 Å². The molecule has 3 rings (SSSR count). The highest BCUT2D eigenvalue weighted by Gasteiger charge is 2.02. The van der Waals surface area contributed by atoms with Gasteiger partial charge in [-0.2, -0.15) is 0 Å². The molecular formula is C15H12FN2. The molecule has 0 N–H and O–H groups in total. The third kappa shape index (κ3) is 2.12. The fourth-order valence-corrected chi connectivity index (χ4v) is 2.02. The standard InChI is InChI=1S/C15H12FN2/c16-13-7-5-12(6-8-13)9-10-18-11-17-14-3-1-2-4-15(14)18/h1-8H,9-10H2. The van der Waals surface area contributed by atoms with Gasteiger partial charge in [-0.05, 0) is 36.2 Å². The molecule has 0 saturated carbocycles. The van der Waals surface area contributed by atoms with Gasteiger partial charge in [0.05, 0.1) is 11.0 Å². The lowest BCUT2D eigenvalue weighted by Crippen LogP contribution is -2.00. The number of aromatic nitrogens is 2. The van der Waals surface area contributed by atoms with Crippen LogP contribution in [0.4, 0.5) is 4.39 Å². The first kappa shape index (κ1) is 11.0. The second kappa shape index (κ2) is 4.61. The molecule has 0 unspecified atom stereocenters. The van der Waals surface area contributed by atoms with Gasteiger partial charge in [-0.15, -0.1) is 0 Å². The molecule has 0 spiro atoms. The molecule has 1 heterocycles. The van der Waals surface area contributed by atoms with Crippen molar-refractivity contribution >= 4 is 11.0 Å². The summed E-state index contributed by atoms with van der Waals surface area (Å²) < 4.78 is 14.8. The number of fused-ring (bicyclic) bond motifs is 1. The van der Waals surface area contributed by atoms with E-state index in [0.29, 0.717) is 0 Å². The Morgan fingerprint density at radius 2 is 1.83 bits per heavy atom. The third-order valence-corrected chi connectivity index (χ3v) is 3.00. The number of rotatable bonds is 3. The van der Waals surface area contributed by atoms with Crippen molar-refractivity contribution < 1.29 is 4.39 Å². The van der Waals surface area contributed by atoms with Crippen molar-refractivity contribution in [2.45, 2.75) is 13.0 Å². The maximum atomic E-state index is 12.8. The molecule has 3 heteroatoms. The van der Waals surface area contributed by atoms with Crippen LogP contribution in [0.1, 0.15) is 5.56 Å². The van der Waals surface area contributed by atoms with Crippen LogP contribution in [-0.2, 0) is 13.0 Å². The van der Waals surface area contributed by atoms with Crippen molar-refractivity contribution in [1.29, 1.82) is 0 Å². The van der Waals surface area contributed by atoms with Gasteiger partial charge in [0.2, 0.25) is 0 Å². The zero-order chi connectivity index (χ0) is 12.4. The van der Waals surface area contributed by atoms with E-state index in [1.807, 2.05) is 41.0 Å². The van der Waals surface area contributed by atoms with Crippen molar-refractivity contribution in [1.82, 2.24) is 9.55 Å². The fourth-order valence-electron chi connectivity index (χ4n) is 2.02. The van der Waals surface area contributed by atoms with Crippen molar-refractivity contribution in [2.24, 2.45) is 0 Å². The lowest BCUT2D eigenvalue weighted by atomic mass is 10.1. The number of para-hydroxylation sites is 2. The predicted molar refractivity (Wildman–Crippen MR) is 68.7 cm³/mol. The lowest BCUT2D eigenvalue weighted by Gasteiger charge is -2.04. The van der Waals surface area contributed by atoms with E-state index in [1.54, 1.807) is 0 Å². The van der Waals surface area contributed by atoms with Crippen molar-refractivity contribution in [2.75, 3.05) is 0 Å². The van der Waals surface area contributed by atoms with Crippen molar-refractivity contribution in [3.8, 4) is 0 Å². The molecule has 89 valence electrons. The molecule has 0 aliphatic rings. The predicted octanol–water partition coefficient (Wildman–Crippen LogP) is 3.22. The van der Waals surface area contributed by atoms with Gasteiger partial charge >= 0.3 is 0 Å². The summed E-state index contributed by atoms with van der Waals surface area (Å²) in [6.07, 6.45) is 3.83. The topological polar surface area (TPSA) is 17.8 Å². The Morgan fingerprint density at radius 3 is 2.67 bits per heavy atom. The van der Waals surface area contributed by atoms with Crippen LogP contribution >= 0.6 is 0 Å². The fraction of sp³-hybridized carbons (Fsp3) is 0.133. The Bertz CT molecular complexity index is 656. The summed E-state index contributed by atoms with van der Waals surface area (Å²) in [5, 5.41) is 0. The molecule has 0 aliphatic heterocycles. The molecule has 1 aromatic heterocycles. The van der Waals surface area contributed by atoms with E-state index in [-0.39, 0.29) is 5.82 Å². The van der Waals surface area contributed by atoms with Crippen LogP contribution < -0.4 is 0 Å². The third-order valence-electron chi connectivity index (χ3n) is 3.00. The van der Waals surface area contributed by atoms with Gasteiger partial charge < -0.3 is 4.57 Å². The molecule has 0 saturated heterocycles. The van der Waals surface area contributed by atoms with Gasteiger partial charge in [0.1, 0.15) is 5.82 Å². The number of imidazole rings is 1. The van der Waals surface area contributed by atoms with E-state index in [2.05, 4.69) is 11.3 Å². The van der Waals surface area contributed by atoms with Gasteiger partial charge in [-0.3, -0.25) is 0 Å². The molecule has 0 fully saturated rings. The van der Waals surface area contributed by atoms with Crippen LogP contribution in [0.3, 0.4) is 0 Å².